The van der Waals surface area contributed by atoms with Gasteiger partial charge < -0.3 is 5.32 Å². The molecule has 0 saturated heterocycles. The molecule has 2 heterocycles. The fourth-order valence-corrected chi connectivity index (χ4v) is 3.07. The standard InChI is InChI=1S/C9H6N4O3S/c14-8-7-9(12-13-11-7)17(15,16)6-4-2-1-3-5(6)10-8/h1-4H,(H,10,14)(H,11,12,13). The molecule has 3 rings (SSSR count). The van der Waals surface area contributed by atoms with Gasteiger partial charge in [0.25, 0.3) is 5.91 Å². The minimum absolute atomic E-state index is 0.0148. The molecule has 1 amide bonds. The Balaban J connectivity index is 2.42. The summed E-state index contributed by atoms with van der Waals surface area (Å²) in [5.74, 6) is -0.595. The number of fused-ring (bicyclic) bond motifs is 2. The molecule has 2 N–H and O–H groups in total. The number of carbonyl (C=O) groups excluding carboxylic acids is 1. The predicted octanol–water partition coefficient (Wildman–Crippen LogP) is 0.203. The highest BCUT2D eigenvalue weighted by molar-refractivity contribution is 7.91. The highest BCUT2D eigenvalue weighted by Gasteiger charge is 2.34. The van der Waals surface area contributed by atoms with E-state index >= 15 is 0 Å². The van der Waals surface area contributed by atoms with Crippen LogP contribution >= 0.6 is 0 Å². The van der Waals surface area contributed by atoms with Crippen LogP contribution in [0.1, 0.15) is 10.5 Å². The number of hydrogen-bond acceptors (Lipinski definition) is 5. The molecule has 1 aromatic heterocycles. The lowest BCUT2D eigenvalue weighted by Gasteiger charge is -2.04. The van der Waals surface area contributed by atoms with Gasteiger partial charge in [0.15, 0.2) is 5.69 Å². The molecule has 0 unspecified atom stereocenters. The number of para-hydroxylation sites is 1. The van der Waals surface area contributed by atoms with E-state index in [1.807, 2.05) is 0 Å². The molecule has 1 aromatic carbocycles. The number of nitrogens with zero attached hydrogens (tertiary/aromatic N) is 2. The fourth-order valence-electron chi connectivity index (χ4n) is 1.65. The number of hydrogen-bond donors (Lipinski definition) is 2. The van der Waals surface area contributed by atoms with Crippen molar-refractivity contribution in [3.63, 3.8) is 0 Å². The quantitative estimate of drug-likeness (QED) is 0.695. The maximum absolute atomic E-state index is 12.2. The zero-order chi connectivity index (χ0) is 12.0. The molecular weight excluding hydrogens is 244 g/mol. The van der Waals surface area contributed by atoms with Gasteiger partial charge in [0.2, 0.25) is 14.9 Å². The third-order valence-electron chi connectivity index (χ3n) is 2.41. The number of rotatable bonds is 0. The van der Waals surface area contributed by atoms with Crippen molar-refractivity contribution in [2.45, 2.75) is 9.92 Å². The minimum Gasteiger partial charge on any atom is -0.319 e. The van der Waals surface area contributed by atoms with E-state index in [0.717, 1.165) is 0 Å². The number of anilines is 1. The second-order valence-corrected chi connectivity index (χ2v) is 5.26. The van der Waals surface area contributed by atoms with Crippen molar-refractivity contribution in [1.29, 1.82) is 0 Å². The van der Waals surface area contributed by atoms with Gasteiger partial charge in [-0.2, -0.15) is 5.21 Å². The Morgan fingerprint density at radius 2 is 1.88 bits per heavy atom. The number of sulfone groups is 1. The first-order valence-corrected chi connectivity index (χ1v) is 6.15. The van der Waals surface area contributed by atoms with Gasteiger partial charge in [-0.05, 0) is 12.1 Å². The Hall–Kier alpha value is -2.22. The number of H-pyrrole nitrogens is 1. The lowest BCUT2D eigenvalue weighted by molar-refractivity contribution is 0.101. The fraction of sp³-hybridized carbons (Fsp3) is 0. The maximum Gasteiger partial charge on any atom is 0.279 e. The molecule has 0 bridgehead atoms. The summed E-state index contributed by atoms with van der Waals surface area (Å²) in [6.07, 6.45) is 0. The van der Waals surface area contributed by atoms with Crippen molar-refractivity contribution in [1.82, 2.24) is 15.4 Å². The van der Waals surface area contributed by atoms with Gasteiger partial charge in [-0.3, -0.25) is 4.79 Å². The van der Waals surface area contributed by atoms with Gasteiger partial charge in [0.1, 0.15) is 0 Å². The molecule has 86 valence electrons. The van der Waals surface area contributed by atoms with Crippen LogP contribution in [0.5, 0.6) is 0 Å². The van der Waals surface area contributed by atoms with Crippen LogP contribution in [0.2, 0.25) is 0 Å². The number of carbonyl (C=O) groups is 1. The first-order valence-electron chi connectivity index (χ1n) is 4.67. The van der Waals surface area contributed by atoms with Crippen molar-refractivity contribution in [2.24, 2.45) is 0 Å². The topological polar surface area (TPSA) is 105 Å². The third-order valence-corrected chi connectivity index (χ3v) is 4.14. The average Bonchev–Trinajstić information content (AvgIpc) is 2.76. The van der Waals surface area contributed by atoms with Gasteiger partial charge in [-0.25, -0.2) is 8.42 Å². The number of aromatic nitrogens is 3. The van der Waals surface area contributed by atoms with Crippen LogP contribution in [0, 0.1) is 0 Å². The van der Waals surface area contributed by atoms with E-state index in [2.05, 4.69) is 20.7 Å². The molecule has 1 aliphatic heterocycles. The highest BCUT2D eigenvalue weighted by Crippen LogP contribution is 2.30. The van der Waals surface area contributed by atoms with Crippen molar-refractivity contribution in [2.75, 3.05) is 5.32 Å². The molecule has 8 heteroatoms. The van der Waals surface area contributed by atoms with E-state index in [4.69, 9.17) is 0 Å². The number of benzene rings is 1. The number of amides is 1. The SMILES string of the molecule is O=C1Nc2ccccc2S(=O)(=O)c2n[nH]nc21. The van der Waals surface area contributed by atoms with E-state index in [-0.39, 0.29) is 21.3 Å². The lowest BCUT2D eigenvalue weighted by atomic mass is 10.3. The van der Waals surface area contributed by atoms with E-state index in [1.165, 1.54) is 12.1 Å². The van der Waals surface area contributed by atoms with Crippen LogP contribution in [0.3, 0.4) is 0 Å². The van der Waals surface area contributed by atoms with Gasteiger partial charge in [-0.1, -0.05) is 12.1 Å². The van der Waals surface area contributed by atoms with Crippen LogP contribution in [0.15, 0.2) is 34.2 Å². The minimum atomic E-state index is -3.82. The molecule has 2 aromatic rings. The van der Waals surface area contributed by atoms with Crippen LogP contribution in [0.4, 0.5) is 5.69 Å². The van der Waals surface area contributed by atoms with Gasteiger partial charge in [-0.15, -0.1) is 10.2 Å². The average molecular weight is 250 g/mol. The molecular formula is C9H6N4O3S. The largest absolute Gasteiger partial charge is 0.319 e. The first-order chi connectivity index (χ1) is 8.10. The van der Waals surface area contributed by atoms with Crippen molar-refractivity contribution < 1.29 is 13.2 Å². The summed E-state index contributed by atoms with van der Waals surface area (Å²) in [5, 5.41) is 11.4. The van der Waals surface area contributed by atoms with Crippen molar-refractivity contribution >= 4 is 21.4 Å². The second-order valence-electron chi connectivity index (χ2n) is 3.43. The third kappa shape index (κ3) is 1.27. The molecule has 7 nitrogen and oxygen atoms in total. The monoisotopic (exact) mass is 250 g/mol. The van der Waals surface area contributed by atoms with Gasteiger partial charge in [0.05, 0.1) is 10.6 Å². The maximum atomic E-state index is 12.2. The molecule has 17 heavy (non-hydrogen) atoms. The molecule has 0 spiro atoms. The molecule has 0 fully saturated rings. The van der Waals surface area contributed by atoms with Crippen LogP contribution in [-0.2, 0) is 9.84 Å². The normalized spacial score (nSPS) is 16.6. The Bertz CT molecular complexity index is 719. The Labute approximate surface area is 95.8 Å². The number of aromatic amines is 1. The molecule has 1 aliphatic rings. The van der Waals surface area contributed by atoms with E-state index in [1.54, 1.807) is 12.1 Å². The zero-order valence-electron chi connectivity index (χ0n) is 8.34. The summed E-state index contributed by atoms with van der Waals surface area (Å²) in [4.78, 5) is 11.7. The second kappa shape index (κ2) is 3.14. The van der Waals surface area contributed by atoms with Crippen molar-refractivity contribution in [3.05, 3.63) is 30.0 Å². The first kappa shape index (κ1) is 9.97. The Morgan fingerprint density at radius 1 is 1.12 bits per heavy atom. The molecule has 0 radical (unpaired) electrons. The Morgan fingerprint density at radius 3 is 2.71 bits per heavy atom. The predicted molar refractivity (Wildman–Crippen MR) is 56.2 cm³/mol. The van der Waals surface area contributed by atoms with Crippen molar-refractivity contribution in [3.8, 4) is 0 Å². The summed E-state index contributed by atoms with van der Waals surface area (Å²) in [6.45, 7) is 0. The Kier molecular flexibility index (Phi) is 1.84. The van der Waals surface area contributed by atoms with E-state index in [9.17, 15) is 13.2 Å². The summed E-state index contributed by atoms with van der Waals surface area (Å²) in [6, 6.07) is 6.14. The number of nitrogens with one attached hydrogen (secondary N) is 2. The van der Waals surface area contributed by atoms with E-state index < -0.39 is 15.7 Å². The van der Waals surface area contributed by atoms with Gasteiger partial charge >= 0.3 is 0 Å². The molecule has 0 saturated carbocycles. The summed E-state index contributed by atoms with van der Waals surface area (Å²) < 4.78 is 24.4. The smallest absolute Gasteiger partial charge is 0.279 e. The summed E-state index contributed by atoms with van der Waals surface area (Å²) >= 11 is 0. The summed E-state index contributed by atoms with van der Waals surface area (Å²) in [7, 11) is -3.82. The van der Waals surface area contributed by atoms with Crippen LogP contribution < -0.4 is 5.32 Å². The van der Waals surface area contributed by atoms with Crippen LogP contribution in [-0.4, -0.2) is 29.7 Å². The van der Waals surface area contributed by atoms with E-state index in [0.29, 0.717) is 0 Å². The molecule has 0 aliphatic carbocycles. The van der Waals surface area contributed by atoms with Gasteiger partial charge in [0, 0.05) is 0 Å². The van der Waals surface area contributed by atoms with Crippen LogP contribution in [0.25, 0.3) is 0 Å². The summed E-state index contributed by atoms with van der Waals surface area (Å²) in [5.41, 5.74) is 0.0125. The zero-order valence-corrected chi connectivity index (χ0v) is 9.15. The lowest BCUT2D eigenvalue weighted by Crippen LogP contribution is -2.12. The molecule has 0 atom stereocenters. The highest BCUT2D eigenvalue weighted by atomic mass is 32.2.